The van der Waals surface area contributed by atoms with Crippen LogP contribution in [0.5, 0.6) is 0 Å². The average Bonchev–Trinajstić information content (AvgIpc) is 3.01. The van der Waals surface area contributed by atoms with Crippen molar-refractivity contribution in [3.05, 3.63) is 29.8 Å². The summed E-state index contributed by atoms with van der Waals surface area (Å²) >= 11 is 0. The van der Waals surface area contributed by atoms with E-state index in [4.69, 9.17) is 4.74 Å². The Kier molecular flexibility index (Phi) is 5.51. The first kappa shape index (κ1) is 17.8. The molecule has 1 saturated heterocycles. The van der Waals surface area contributed by atoms with Crippen molar-refractivity contribution >= 4 is 5.69 Å². The third-order valence-electron chi connectivity index (χ3n) is 6.29. The fourth-order valence-electron chi connectivity index (χ4n) is 4.62. The summed E-state index contributed by atoms with van der Waals surface area (Å²) in [4.78, 5) is 2.55. The lowest BCUT2D eigenvalue weighted by molar-refractivity contribution is -0.0357. The van der Waals surface area contributed by atoms with E-state index in [9.17, 15) is 5.11 Å². The van der Waals surface area contributed by atoms with Gasteiger partial charge in [-0.25, -0.2) is 0 Å². The van der Waals surface area contributed by atoms with Crippen molar-refractivity contribution in [2.24, 2.45) is 5.41 Å². The van der Waals surface area contributed by atoms with Crippen LogP contribution in [0.1, 0.15) is 57.4 Å². The third kappa shape index (κ3) is 3.94. The van der Waals surface area contributed by atoms with E-state index in [1.165, 1.54) is 30.5 Å². The Labute approximate surface area is 147 Å². The summed E-state index contributed by atoms with van der Waals surface area (Å²) in [6, 6.07) is 9.00. The summed E-state index contributed by atoms with van der Waals surface area (Å²) in [6.45, 7) is 5.28. The van der Waals surface area contributed by atoms with Crippen molar-refractivity contribution in [3.8, 4) is 0 Å². The number of benzene rings is 1. The second kappa shape index (κ2) is 7.45. The van der Waals surface area contributed by atoms with Gasteiger partial charge in [0.2, 0.25) is 0 Å². The Hall–Kier alpha value is -1.06. The van der Waals surface area contributed by atoms with E-state index >= 15 is 0 Å². The average molecular weight is 332 g/mol. The number of rotatable bonds is 6. The van der Waals surface area contributed by atoms with Crippen LogP contribution in [0.25, 0.3) is 0 Å². The minimum Gasteiger partial charge on any atom is -0.390 e. The van der Waals surface area contributed by atoms with Crippen LogP contribution in [-0.2, 0) is 11.2 Å². The van der Waals surface area contributed by atoms with Crippen molar-refractivity contribution in [2.75, 3.05) is 31.7 Å². The molecule has 1 aliphatic carbocycles. The van der Waals surface area contributed by atoms with E-state index < -0.39 is 0 Å². The monoisotopic (exact) mass is 331 g/mol. The standard InChI is InChI=1S/C21H33NO2/c1-3-9-21(23)12-10-20(11-13-21)14-15-22(17-20)19-6-4-18(5-7-19)8-16-24-2/h4-7,23H,3,8-17H2,1-2H3. The van der Waals surface area contributed by atoms with E-state index in [2.05, 4.69) is 36.1 Å². The quantitative estimate of drug-likeness (QED) is 0.849. The molecule has 0 aromatic heterocycles. The number of methoxy groups -OCH3 is 1. The number of hydrogen-bond acceptors (Lipinski definition) is 3. The maximum atomic E-state index is 10.7. The van der Waals surface area contributed by atoms with Crippen molar-refractivity contribution < 1.29 is 9.84 Å². The first-order valence-corrected chi connectivity index (χ1v) is 9.63. The molecule has 0 bridgehead atoms. The van der Waals surface area contributed by atoms with Crippen LogP contribution in [0.2, 0.25) is 0 Å². The van der Waals surface area contributed by atoms with Crippen molar-refractivity contribution in [2.45, 2.75) is 63.9 Å². The predicted octanol–water partition coefficient (Wildman–Crippen LogP) is 4.18. The van der Waals surface area contributed by atoms with Gasteiger partial charge in [-0.15, -0.1) is 0 Å². The van der Waals surface area contributed by atoms with Gasteiger partial charge in [-0.2, -0.15) is 0 Å². The highest BCUT2D eigenvalue weighted by Gasteiger charge is 2.44. The molecule has 0 amide bonds. The van der Waals surface area contributed by atoms with E-state index in [0.29, 0.717) is 5.41 Å². The molecule has 3 nitrogen and oxygen atoms in total. The zero-order valence-corrected chi connectivity index (χ0v) is 15.4. The zero-order valence-electron chi connectivity index (χ0n) is 15.4. The van der Waals surface area contributed by atoms with Crippen molar-refractivity contribution in [1.29, 1.82) is 0 Å². The summed E-state index contributed by atoms with van der Waals surface area (Å²) in [5.41, 5.74) is 2.75. The molecule has 2 fully saturated rings. The van der Waals surface area contributed by atoms with Crippen molar-refractivity contribution in [3.63, 3.8) is 0 Å². The molecule has 3 heteroatoms. The number of nitrogens with zero attached hydrogens (tertiary/aromatic N) is 1. The molecule has 1 aromatic carbocycles. The molecule has 1 heterocycles. The van der Waals surface area contributed by atoms with Gasteiger partial charge in [-0.05, 0) is 68.1 Å². The molecule has 2 aliphatic rings. The molecule has 1 saturated carbocycles. The van der Waals surface area contributed by atoms with Gasteiger partial charge in [0.15, 0.2) is 0 Å². The number of hydrogen-bond donors (Lipinski definition) is 1. The lowest BCUT2D eigenvalue weighted by Crippen LogP contribution is -2.40. The SMILES string of the molecule is CCCC1(O)CCC2(CCN(c3ccc(CCOC)cc3)C2)CC1. The first-order valence-electron chi connectivity index (χ1n) is 9.63. The lowest BCUT2D eigenvalue weighted by Gasteiger charge is -2.42. The number of aliphatic hydroxyl groups is 1. The Bertz CT molecular complexity index is 517. The van der Waals surface area contributed by atoms with Gasteiger partial charge in [0.05, 0.1) is 12.2 Å². The van der Waals surface area contributed by atoms with Gasteiger partial charge >= 0.3 is 0 Å². The minimum absolute atomic E-state index is 0.379. The molecule has 1 spiro atoms. The summed E-state index contributed by atoms with van der Waals surface area (Å²) in [6.07, 6.45) is 8.67. The van der Waals surface area contributed by atoms with Crippen molar-refractivity contribution in [1.82, 2.24) is 0 Å². The van der Waals surface area contributed by atoms with E-state index in [0.717, 1.165) is 51.8 Å². The fraction of sp³-hybridized carbons (Fsp3) is 0.714. The van der Waals surface area contributed by atoms with E-state index in [-0.39, 0.29) is 5.60 Å². The number of ether oxygens (including phenoxy) is 1. The molecule has 1 N–H and O–H groups in total. The smallest absolute Gasteiger partial charge is 0.0648 e. The largest absolute Gasteiger partial charge is 0.390 e. The molecular weight excluding hydrogens is 298 g/mol. The van der Waals surface area contributed by atoms with E-state index in [1.54, 1.807) is 7.11 Å². The maximum Gasteiger partial charge on any atom is 0.0648 e. The molecule has 1 aliphatic heterocycles. The summed E-state index contributed by atoms with van der Waals surface area (Å²) in [5.74, 6) is 0. The highest BCUT2D eigenvalue weighted by Crippen LogP contribution is 2.48. The second-order valence-corrected chi connectivity index (χ2v) is 8.06. The summed E-state index contributed by atoms with van der Waals surface area (Å²) < 4.78 is 5.15. The zero-order chi connectivity index (χ0) is 17.0. The number of anilines is 1. The fourth-order valence-corrected chi connectivity index (χ4v) is 4.62. The van der Waals surface area contributed by atoms with Crippen LogP contribution in [0.3, 0.4) is 0 Å². The topological polar surface area (TPSA) is 32.7 Å². The molecule has 0 radical (unpaired) electrons. The van der Waals surface area contributed by atoms with Gasteiger partial charge in [0.1, 0.15) is 0 Å². The summed E-state index contributed by atoms with van der Waals surface area (Å²) in [5, 5.41) is 10.7. The molecule has 0 atom stereocenters. The van der Waals surface area contributed by atoms with Gasteiger partial charge in [-0.3, -0.25) is 0 Å². The lowest BCUT2D eigenvalue weighted by atomic mass is 9.67. The highest BCUT2D eigenvalue weighted by molar-refractivity contribution is 5.49. The van der Waals surface area contributed by atoms with Crippen LogP contribution in [0.15, 0.2) is 24.3 Å². The molecule has 134 valence electrons. The molecule has 0 unspecified atom stereocenters. The van der Waals surface area contributed by atoms with Crippen LogP contribution < -0.4 is 4.90 Å². The molecule has 24 heavy (non-hydrogen) atoms. The van der Waals surface area contributed by atoms with Gasteiger partial charge in [0, 0.05) is 25.9 Å². The van der Waals surface area contributed by atoms with Gasteiger partial charge < -0.3 is 14.7 Å². The predicted molar refractivity (Wildman–Crippen MR) is 99.6 cm³/mol. The molecular formula is C21H33NO2. The minimum atomic E-state index is -0.379. The normalized spacial score (nSPS) is 30.2. The van der Waals surface area contributed by atoms with Crippen LogP contribution in [0.4, 0.5) is 5.69 Å². The van der Waals surface area contributed by atoms with Gasteiger partial charge in [0.25, 0.3) is 0 Å². The third-order valence-corrected chi connectivity index (χ3v) is 6.29. The molecule has 1 aromatic rings. The molecule has 3 rings (SSSR count). The van der Waals surface area contributed by atoms with E-state index in [1.807, 2.05) is 0 Å². The first-order chi connectivity index (χ1) is 11.6. The van der Waals surface area contributed by atoms with Crippen LogP contribution >= 0.6 is 0 Å². The highest BCUT2D eigenvalue weighted by atomic mass is 16.5. The Balaban J connectivity index is 1.57. The Morgan fingerprint density at radius 1 is 1.08 bits per heavy atom. The van der Waals surface area contributed by atoms with Gasteiger partial charge in [-0.1, -0.05) is 25.5 Å². The second-order valence-electron chi connectivity index (χ2n) is 8.06. The van der Waals surface area contributed by atoms with Crippen LogP contribution in [-0.4, -0.2) is 37.5 Å². The van der Waals surface area contributed by atoms with Crippen LogP contribution in [0, 0.1) is 5.41 Å². The Morgan fingerprint density at radius 3 is 2.42 bits per heavy atom. The Morgan fingerprint density at radius 2 is 1.79 bits per heavy atom. The maximum absolute atomic E-state index is 10.7. The summed E-state index contributed by atoms with van der Waals surface area (Å²) in [7, 11) is 1.75.